The number of hydrogen-bond donors (Lipinski definition) is 1. The number of aryl methyl sites for hydroxylation is 1. The van der Waals surface area contributed by atoms with Crippen molar-refractivity contribution in [2.45, 2.75) is 34.2 Å². The summed E-state index contributed by atoms with van der Waals surface area (Å²) in [7, 11) is 0. The van der Waals surface area contributed by atoms with E-state index in [1.165, 1.54) is 0 Å². The summed E-state index contributed by atoms with van der Waals surface area (Å²) < 4.78 is 2.16. The van der Waals surface area contributed by atoms with E-state index in [1.807, 2.05) is 12.4 Å². The van der Waals surface area contributed by atoms with Gasteiger partial charge in [0.1, 0.15) is 0 Å². The Hall–Kier alpha value is -1.03. The quantitative estimate of drug-likeness (QED) is 0.800. The molecule has 4 nitrogen and oxygen atoms in total. The van der Waals surface area contributed by atoms with Gasteiger partial charge in [0.15, 0.2) is 0 Å². The standard InChI is InChI=1S/C12H24N4/c1-5-15-8-7-14-11(15)16(6-2)10-12(3,4)9-13/h7-8H,5-6,9-10,13H2,1-4H3. The van der Waals surface area contributed by atoms with E-state index in [4.69, 9.17) is 5.73 Å². The molecule has 0 radical (unpaired) electrons. The SMILES string of the molecule is CCN(CC(C)(C)CN)c1nccn1CC. The van der Waals surface area contributed by atoms with Gasteiger partial charge in [0.25, 0.3) is 0 Å². The maximum Gasteiger partial charge on any atom is 0.205 e. The minimum Gasteiger partial charge on any atom is -0.342 e. The van der Waals surface area contributed by atoms with Gasteiger partial charge in [-0.3, -0.25) is 0 Å². The number of rotatable bonds is 6. The van der Waals surface area contributed by atoms with Gasteiger partial charge in [-0.1, -0.05) is 13.8 Å². The lowest BCUT2D eigenvalue weighted by Crippen LogP contribution is -2.40. The second-order valence-corrected chi connectivity index (χ2v) is 4.90. The maximum absolute atomic E-state index is 5.78. The topological polar surface area (TPSA) is 47.1 Å². The molecule has 0 aliphatic carbocycles. The summed E-state index contributed by atoms with van der Waals surface area (Å²) in [5.41, 5.74) is 5.90. The molecule has 2 N–H and O–H groups in total. The van der Waals surface area contributed by atoms with Crippen LogP contribution in [-0.2, 0) is 6.54 Å². The summed E-state index contributed by atoms with van der Waals surface area (Å²) in [6, 6.07) is 0. The third kappa shape index (κ3) is 2.98. The van der Waals surface area contributed by atoms with Crippen molar-refractivity contribution in [3.63, 3.8) is 0 Å². The van der Waals surface area contributed by atoms with Gasteiger partial charge in [0, 0.05) is 32.0 Å². The molecule has 0 bridgehead atoms. The highest BCUT2D eigenvalue weighted by Crippen LogP contribution is 2.19. The first-order valence-electron chi connectivity index (χ1n) is 6.00. The van der Waals surface area contributed by atoms with Crippen LogP contribution in [0.3, 0.4) is 0 Å². The summed E-state index contributed by atoms with van der Waals surface area (Å²) in [5.74, 6) is 1.05. The maximum atomic E-state index is 5.78. The summed E-state index contributed by atoms with van der Waals surface area (Å²) in [4.78, 5) is 6.71. The molecule has 92 valence electrons. The Balaban J connectivity index is 2.82. The van der Waals surface area contributed by atoms with E-state index >= 15 is 0 Å². The van der Waals surface area contributed by atoms with E-state index in [1.54, 1.807) is 0 Å². The number of imidazole rings is 1. The van der Waals surface area contributed by atoms with Crippen LogP contribution in [0, 0.1) is 5.41 Å². The van der Waals surface area contributed by atoms with Crippen LogP contribution in [0.5, 0.6) is 0 Å². The molecule has 16 heavy (non-hydrogen) atoms. The first kappa shape index (κ1) is 13.0. The van der Waals surface area contributed by atoms with Crippen molar-refractivity contribution in [1.82, 2.24) is 9.55 Å². The second kappa shape index (κ2) is 5.34. The third-order valence-corrected chi connectivity index (χ3v) is 2.87. The molecule has 0 fully saturated rings. The molecule has 1 heterocycles. The molecule has 1 aromatic rings. The Kier molecular flexibility index (Phi) is 4.35. The van der Waals surface area contributed by atoms with E-state index in [0.717, 1.165) is 25.6 Å². The van der Waals surface area contributed by atoms with Crippen molar-refractivity contribution in [2.24, 2.45) is 11.1 Å². The highest BCUT2D eigenvalue weighted by molar-refractivity contribution is 5.31. The normalized spacial score (nSPS) is 11.8. The number of anilines is 1. The van der Waals surface area contributed by atoms with Gasteiger partial charge in [-0.05, 0) is 25.8 Å². The van der Waals surface area contributed by atoms with Crippen molar-refractivity contribution in [3.05, 3.63) is 12.4 Å². The van der Waals surface area contributed by atoms with Crippen molar-refractivity contribution in [1.29, 1.82) is 0 Å². The summed E-state index contributed by atoms with van der Waals surface area (Å²) in [6.45, 7) is 12.2. The van der Waals surface area contributed by atoms with E-state index in [9.17, 15) is 0 Å². The zero-order valence-corrected chi connectivity index (χ0v) is 10.9. The van der Waals surface area contributed by atoms with Gasteiger partial charge >= 0.3 is 0 Å². The summed E-state index contributed by atoms with van der Waals surface area (Å²) >= 11 is 0. The summed E-state index contributed by atoms with van der Waals surface area (Å²) in [6.07, 6.45) is 3.88. The van der Waals surface area contributed by atoms with Crippen LogP contribution in [0.25, 0.3) is 0 Å². The van der Waals surface area contributed by atoms with Crippen molar-refractivity contribution in [3.8, 4) is 0 Å². The first-order valence-corrected chi connectivity index (χ1v) is 6.00. The van der Waals surface area contributed by atoms with E-state index in [2.05, 4.69) is 42.1 Å². The fourth-order valence-electron chi connectivity index (χ4n) is 1.74. The van der Waals surface area contributed by atoms with Gasteiger partial charge in [-0.25, -0.2) is 4.98 Å². The minimum absolute atomic E-state index is 0.126. The van der Waals surface area contributed by atoms with E-state index in [0.29, 0.717) is 6.54 Å². The monoisotopic (exact) mass is 224 g/mol. The molecule has 0 saturated carbocycles. The predicted molar refractivity (Wildman–Crippen MR) is 68.6 cm³/mol. The van der Waals surface area contributed by atoms with Crippen molar-refractivity contribution >= 4 is 5.95 Å². The molecule has 0 unspecified atom stereocenters. The fraction of sp³-hybridized carbons (Fsp3) is 0.750. The van der Waals surface area contributed by atoms with Gasteiger partial charge in [-0.15, -0.1) is 0 Å². The number of nitrogens with zero attached hydrogens (tertiary/aromatic N) is 3. The highest BCUT2D eigenvalue weighted by Gasteiger charge is 2.21. The average Bonchev–Trinajstić information content (AvgIpc) is 2.74. The van der Waals surface area contributed by atoms with Crippen LogP contribution in [0.2, 0.25) is 0 Å². The zero-order valence-electron chi connectivity index (χ0n) is 10.9. The molecule has 0 atom stereocenters. The molecular weight excluding hydrogens is 200 g/mol. The molecule has 0 aromatic carbocycles. The van der Waals surface area contributed by atoms with Crippen LogP contribution in [0.15, 0.2) is 12.4 Å². The Morgan fingerprint density at radius 2 is 2.12 bits per heavy atom. The molecule has 1 aromatic heterocycles. The van der Waals surface area contributed by atoms with Crippen molar-refractivity contribution < 1.29 is 0 Å². The number of nitrogens with two attached hydrogens (primary N) is 1. The lowest BCUT2D eigenvalue weighted by atomic mass is 9.93. The lowest BCUT2D eigenvalue weighted by molar-refractivity contribution is 0.376. The zero-order chi connectivity index (χ0) is 12.2. The summed E-state index contributed by atoms with van der Waals surface area (Å²) in [5, 5.41) is 0. The number of hydrogen-bond acceptors (Lipinski definition) is 3. The largest absolute Gasteiger partial charge is 0.342 e. The smallest absolute Gasteiger partial charge is 0.205 e. The molecule has 4 heteroatoms. The average molecular weight is 224 g/mol. The molecule has 0 spiro atoms. The van der Waals surface area contributed by atoms with Gasteiger partial charge in [0.05, 0.1) is 0 Å². The molecule has 1 rings (SSSR count). The van der Waals surface area contributed by atoms with Gasteiger partial charge < -0.3 is 15.2 Å². The Bertz CT molecular complexity index is 317. The number of aromatic nitrogens is 2. The first-order chi connectivity index (χ1) is 7.54. The van der Waals surface area contributed by atoms with E-state index < -0.39 is 0 Å². The third-order valence-electron chi connectivity index (χ3n) is 2.87. The minimum atomic E-state index is 0.126. The Morgan fingerprint density at radius 1 is 1.44 bits per heavy atom. The van der Waals surface area contributed by atoms with Crippen LogP contribution < -0.4 is 10.6 Å². The molecule has 0 amide bonds. The second-order valence-electron chi connectivity index (χ2n) is 4.90. The van der Waals surface area contributed by atoms with Crippen LogP contribution in [-0.4, -0.2) is 29.2 Å². The highest BCUT2D eigenvalue weighted by atomic mass is 15.3. The van der Waals surface area contributed by atoms with Crippen LogP contribution in [0.1, 0.15) is 27.7 Å². The van der Waals surface area contributed by atoms with Crippen LogP contribution >= 0.6 is 0 Å². The predicted octanol–water partition coefficient (Wildman–Crippen LogP) is 1.71. The Morgan fingerprint density at radius 3 is 2.62 bits per heavy atom. The molecular formula is C12H24N4. The Labute approximate surface area is 98.5 Å². The molecule has 0 aliphatic heterocycles. The fourth-order valence-corrected chi connectivity index (χ4v) is 1.74. The van der Waals surface area contributed by atoms with Gasteiger partial charge in [0.2, 0.25) is 5.95 Å². The molecule has 0 aliphatic rings. The van der Waals surface area contributed by atoms with Crippen molar-refractivity contribution in [2.75, 3.05) is 24.5 Å². The lowest BCUT2D eigenvalue weighted by Gasteiger charge is -2.32. The van der Waals surface area contributed by atoms with Gasteiger partial charge in [-0.2, -0.15) is 0 Å². The van der Waals surface area contributed by atoms with E-state index in [-0.39, 0.29) is 5.41 Å². The van der Waals surface area contributed by atoms with Crippen LogP contribution in [0.4, 0.5) is 5.95 Å². The molecule has 0 saturated heterocycles.